The second-order valence-corrected chi connectivity index (χ2v) is 12.4. The lowest BCUT2D eigenvalue weighted by molar-refractivity contribution is -0.121. The van der Waals surface area contributed by atoms with Crippen LogP contribution in [0, 0.1) is 0 Å². The van der Waals surface area contributed by atoms with E-state index in [1.165, 1.54) is 14.2 Å². The fraction of sp³-hybridized carbons (Fsp3) is 0.524. The fourth-order valence-corrected chi connectivity index (χ4v) is 5.96. The zero-order chi connectivity index (χ0) is 23.6. The third kappa shape index (κ3) is 8.92. The number of hydrogen-bond acceptors (Lipinski definition) is 8. The van der Waals surface area contributed by atoms with Crippen molar-refractivity contribution < 1.29 is 22.9 Å². The summed E-state index contributed by atoms with van der Waals surface area (Å²) in [6.45, 7) is 4.92. The van der Waals surface area contributed by atoms with Crippen LogP contribution in [0.3, 0.4) is 0 Å². The van der Waals surface area contributed by atoms with Crippen LogP contribution in [0.15, 0.2) is 41.6 Å². The number of carbonyl (C=O) groups excluding carboxylic acids is 1. The summed E-state index contributed by atoms with van der Waals surface area (Å²) in [5.41, 5.74) is 1.09. The molecule has 8 nitrogen and oxygen atoms in total. The van der Waals surface area contributed by atoms with Crippen LogP contribution in [0.2, 0.25) is 0 Å². The minimum atomic E-state index is -3.47. The van der Waals surface area contributed by atoms with Gasteiger partial charge in [-0.2, -0.15) is 0 Å². The zero-order valence-corrected chi connectivity index (χ0v) is 21.7. The molecule has 0 saturated carbocycles. The Morgan fingerprint density at radius 3 is 2.62 bits per heavy atom. The van der Waals surface area contributed by atoms with Crippen molar-refractivity contribution in [3.05, 3.63) is 48.0 Å². The van der Waals surface area contributed by atoms with Gasteiger partial charge in [0.05, 0.1) is 13.2 Å². The predicted molar refractivity (Wildman–Crippen MR) is 130 cm³/mol. The van der Waals surface area contributed by atoms with Crippen molar-refractivity contribution in [1.29, 1.82) is 0 Å². The number of phosphoric acid groups is 1. The highest BCUT2D eigenvalue weighted by molar-refractivity contribution is 8.77. The Bertz CT molecular complexity index is 914. The van der Waals surface area contributed by atoms with E-state index in [9.17, 15) is 9.36 Å². The first-order valence-corrected chi connectivity index (χ1v) is 13.8. The number of rotatable bonds is 14. The van der Waals surface area contributed by atoms with E-state index in [1.807, 2.05) is 36.0 Å². The molecule has 1 aromatic heterocycles. The van der Waals surface area contributed by atoms with Crippen LogP contribution in [0.1, 0.15) is 38.1 Å². The molecule has 0 aliphatic rings. The van der Waals surface area contributed by atoms with Crippen LogP contribution in [0.25, 0.3) is 0 Å². The molecular weight excluding hydrogens is 469 g/mol. The lowest BCUT2D eigenvalue weighted by atomic mass is 10.1. The number of aryl methyl sites for hydroxylation is 1. The molecule has 2 aromatic rings. The van der Waals surface area contributed by atoms with Gasteiger partial charge in [0.15, 0.2) is 0 Å². The van der Waals surface area contributed by atoms with Crippen molar-refractivity contribution in [2.75, 3.05) is 20.8 Å². The van der Waals surface area contributed by atoms with Crippen molar-refractivity contribution in [2.45, 2.75) is 49.3 Å². The Kier molecular flexibility index (Phi) is 10.8. The minimum Gasteiger partial charge on any atom is -0.349 e. The Hall–Kier alpha value is -1.29. The Morgan fingerprint density at radius 2 is 1.97 bits per heavy atom. The standard InChI is InChI=1S/C21H32N3O5PS2/c1-21(2,12-10-20(25)23-16-19-22-13-14-24(19)3)32-31-18-9-7-6-8-17(18)11-15-29-30(26,27-4)28-5/h6-9,13-14H,10-12,15-16H2,1-5H3,(H,23,25). The molecular formula is C21H32N3O5PS2. The van der Waals surface area contributed by atoms with Crippen LogP contribution in [0.4, 0.5) is 0 Å². The fourth-order valence-electron chi connectivity index (χ4n) is 2.69. The van der Waals surface area contributed by atoms with Gasteiger partial charge in [0, 0.05) is 49.7 Å². The summed E-state index contributed by atoms with van der Waals surface area (Å²) >= 11 is 0. The van der Waals surface area contributed by atoms with Crippen LogP contribution in [-0.2, 0) is 42.9 Å². The maximum atomic E-state index is 12.3. The van der Waals surface area contributed by atoms with Crippen molar-refractivity contribution in [2.24, 2.45) is 7.05 Å². The number of carbonyl (C=O) groups is 1. The average Bonchev–Trinajstić information content (AvgIpc) is 3.20. The number of benzene rings is 1. The summed E-state index contributed by atoms with van der Waals surface area (Å²) in [5.74, 6) is 0.848. The Balaban J connectivity index is 1.80. The highest BCUT2D eigenvalue weighted by Crippen LogP contribution is 2.48. The van der Waals surface area contributed by atoms with E-state index in [1.54, 1.807) is 27.8 Å². The molecule has 0 unspecified atom stereocenters. The molecule has 2 rings (SSSR count). The van der Waals surface area contributed by atoms with E-state index in [2.05, 4.69) is 30.2 Å². The molecule has 0 radical (unpaired) electrons. The molecule has 0 saturated heterocycles. The third-order valence-electron chi connectivity index (χ3n) is 4.72. The first kappa shape index (κ1) is 27.0. The summed E-state index contributed by atoms with van der Waals surface area (Å²) in [7, 11) is 4.43. The summed E-state index contributed by atoms with van der Waals surface area (Å²) in [4.78, 5) is 17.6. The smallest absolute Gasteiger partial charge is 0.349 e. The molecule has 1 aromatic carbocycles. The van der Waals surface area contributed by atoms with Crippen molar-refractivity contribution in [1.82, 2.24) is 14.9 Å². The second-order valence-electron chi connectivity index (χ2n) is 7.66. The van der Waals surface area contributed by atoms with Gasteiger partial charge in [-0.25, -0.2) is 9.55 Å². The van der Waals surface area contributed by atoms with Crippen LogP contribution in [0.5, 0.6) is 0 Å². The number of hydrogen-bond donors (Lipinski definition) is 1. The van der Waals surface area contributed by atoms with Crippen molar-refractivity contribution in [3.8, 4) is 0 Å². The molecule has 178 valence electrons. The van der Waals surface area contributed by atoms with E-state index in [-0.39, 0.29) is 17.3 Å². The molecule has 32 heavy (non-hydrogen) atoms. The maximum absolute atomic E-state index is 12.3. The lowest BCUT2D eigenvalue weighted by Gasteiger charge is -2.23. The Labute approximate surface area is 198 Å². The summed E-state index contributed by atoms with van der Waals surface area (Å²) in [6.07, 6.45) is 5.35. The van der Waals surface area contributed by atoms with Gasteiger partial charge in [-0.05, 0) is 38.3 Å². The SMILES string of the molecule is COP(=O)(OC)OCCc1ccccc1SSC(C)(C)CCC(=O)NCc1nccn1C. The number of aromatic nitrogens is 2. The molecule has 0 aliphatic carbocycles. The van der Waals surface area contributed by atoms with Crippen LogP contribution < -0.4 is 5.32 Å². The number of phosphoric ester groups is 1. The van der Waals surface area contributed by atoms with Gasteiger partial charge in [-0.3, -0.25) is 18.4 Å². The van der Waals surface area contributed by atoms with E-state index in [0.717, 1.165) is 22.7 Å². The maximum Gasteiger partial charge on any atom is 0.474 e. The molecule has 0 aliphatic heterocycles. The van der Waals surface area contributed by atoms with Gasteiger partial charge in [-0.15, -0.1) is 0 Å². The van der Waals surface area contributed by atoms with Gasteiger partial charge >= 0.3 is 7.82 Å². The topological polar surface area (TPSA) is 91.7 Å². The third-order valence-corrected chi connectivity index (χ3v) is 9.57. The number of nitrogens with one attached hydrogen (secondary N) is 1. The molecule has 1 heterocycles. The zero-order valence-electron chi connectivity index (χ0n) is 19.2. The van der Waals surface area contributed by atoms with E-state index >= 15 is 0 Å². The molecule has 11 heteroatoms. The van der Waals surface area contributed by atoms with E-state index < -0.39 is 7.82 Å². The first-order valence-electron chi connectivity index (χ1n) is 10.2. The highest BCUT2D eigenvalue weighted by Gasteiger charge is 2.23. The lowest BCUT2D eigenvalue weighted by Crippen LogP contribution is -2.26. The summed E-state index contributed by atoms with van der Waals surface area (Å²) < 4.78 is 28.7. The van der Waals surface area contributed by atoms with Gasteiger partial charge in [0.2, 0.25) is 5.91 Å². The first-order chi connectivity index (χ1) is 15.2. The highest BCUT2D eigenvalue weighted by atomic mass is 33.1. The molecule has 0 fully saturated rings. The van der Waals surface area contributed by atoms with Gasteiger partial charge in [-0.1, -0.05) is 39.8 Å². The molecule has 1 amide bonds. The number of amides is 1. The van der Waals surface area contributed by atoms with Gasteiger partial charge < -0.3 is 9.88 Å². The van der Waals surface area contributed by atoms with Crippen molar-refractivity contribution >= 4 is 35.3 Å². The van der Waals surface area contributed by atoms with Crippen molar-refractivity contribution in [3.63, 3.8) is 0 Å². The molecule has 0 bridgehead atoms. The average molecular weight is 502 g/mol. The van der Waals surface area contributed by atoms with Gasteiger partial charge in [0.25, 0.3) is 0 Å². The molecule has 0 spiro atoms. The van der Waals surface area contributed by atoms with Gasteiger partial charge in [0.1, 0.15) is 5.82 Å². The summed E-state index contributed by atoms with van der Waals surface area (Å²) in [6, 6.07) is 8.03. The van der Waals surface area contributed by atoms with Crippen LogP contribution in [-0.4, -0.2) is 41.0 Å². The molecule has 1 N–H and O–H groups in total. The van der Waals surface area contributed by atoms with E-state index in [0.29, 0.717) is 19.4 Å². The monoisotopic (exact) mass is 501 g/mol. The second kappa shape index (κ2) is 12.8. The largest absolute Gasteiger partial charge is 0.474 e. The summed E-state index contributed by atoms with van der Waals surface area (Å²) in [5, 5.41) is 2.93. The minimum absolute atomic E-state index is 0.0185. The van der Waals surface area contributed by atoms with Crippen LogP contribution >= 0.6 is 29.4 Å². The quantitative estimate of drug-likeness (QED) is 0.286. The molecule has 0 atom stereocenters. The predicted octanol–water partition coefficient (Wildman–Crippen LogP) is 5.00. The Morgan fingerprint density at radius 1 is 1.25 bits per heavy atom. The normalized spacial score (nSPS) is 12.2. The number of nitrogens with zero attached hydrogens (tertiary/aromatic N) is 2. The number of imidazole rings is 1. The van der Waals surface area contributed by atoms with E-state index in [4.69, 9.17) is 13.6 Å².